The van der Waals surface area contributed by atoms with Crippen molar-refractivity contribution >= 4 is 34.7 Å². The minimum Gasteiger partial charge on any atom is -0.325 e. The number of aromatic nitrogens is 2. The van der Waals surface area contributed by atoms with E-state index in [1.807, 2.05) is 42.5 Å². The average Bonchev–Trinajstić information content (AvgIpc) is 3.09. The summed E-state index contributed by atoms with van der Waals surface area (Å²) in [6.45, 7) is 0. The molecule has 0 radical (unpaired) electrons. The van der Waals surface area contributed by atoms with Crippen LogP contribution in [0.3, 0.4) is 0 Å². The van der Waals surface area contributed by atoms with Crippen molar-refractivity contribution in [3.05, 3.63) is 71.2 Å². The molecule has 4 nitrogen and oxygen atoms in total. The lowest BCUT2D eigenvalue weighted by Crippen LogP contribution is -2.15. The summed E-state index contributed by atoms with van der Waals surface area (Å²) in [5.41, 5.74) is 4.85. The molecule has 0 aliphatic carbocycles. The largest absolute Gasteiger partial charge is 0.325 e. The smallest absolute Gasteiger partial charge is 0.234 e. The SMILES string of the molecule is O=C(CSc1nncs1)Nc1ccccc1Cc1ccccc1. The van der Waals surface area contributed by atoms with Crippen LogP contribution in [-0.2, 0) is 11.2 Å². The summed E-state index contributed by atoms with van der Waals surface area (Å²) in [4.78, 5) is 12.1. The molecule has 3 aromatic rings. The Bertz CT molecular complexity index is 761. The Morgan fingerprint density at radius 2 is 1.87 bits per heavy atom. The van der Waals surface area contributed by atoms with Gasteiger partial charge in [0, 0.05) is 5.69 Å². The van der Waals surface area contributed by atoms with Gasteiger partial charge in [0.1, 0.15) is 5.51 Å². The van der Waals surface area contributed by atoms with E-state index >= 15 is 0 Å². The van der Waals surface area contributed by atoms with Gasteiger partial charge in [-0.3, -0.25) is 4.79 Å². The Kier molecular flexibility index (Phi) is 5.39. The van der Waals surface area contributed by atoms with Gasteiger partial charge in [-0.05, 0) is 23.6 Å². The van der Waals surface area contributed by atoms with Crippen molar-refractivity contribution in [2.24, 2.45) is 0 Å². The molecule has 0 spiro atoms. The van der Waals surface area contributed by atoms with E-state index in [1.54, 1.807) is 5.51 Å². The molecular formula is C17H15N3OS2. The molecule has 0 fully saturated rings. The number of carbonyl (C=O) groups is 1. The molecule has 0 atom stereocenters. The fraction of sp³-hybridized carbons (Fsp3) is 0.118. The average molecular weight is 341 g/mol. The molecule has 2 aromatic carbocycles. The first kappa shape index (κ1) is 15.7. The van der Waals surface area contributed by atoms with Crippen molar-refractivity contribution in [1.82, 2.24) is 10.2 Å². The second-order valence-corrected chi connectivity index (χ2v) is 6.92. The lowest BCUT2D eigenvalue weighted by atomic mass is 10.0. The zero-order valence-corrected chi connectivity index (χ0v) is 13.9. The fourth-order valence-corrected chi connectivity index (χ4v) is 3.44. The molecule has 0 saturated carbocycles. The number of nitrogens with one attached hydrogen (secondary N) is 1. The maximum atomic E-state index is 12.1. The fourth-order valence-electron chi connectivity index (χ4n) is 2.15. The van der Waals surface area contributed by atoms with Crippen molar-refractivity contribution in [2.45, 2.75) is 10.8 Å². The number of anilines is 1. The van der Waals surface area contributed by atoms with E-state index < -0.39 is 0 Å². The van der Waals surface area contributed by atoms with Gasteiger partial charge >= 0.3 is 0 Å². The third-order valence-corrected chi connectivity index (χ3v) is 5.06. The number of rotatable bonds is 6. The van der Waals surface area contributed by atoms with E-state index in [9.17, 15) is 4.79 Å². The molecule has 0 aliphatic rings. The summed E-state index contributed by atoms with van der Waals surface area (Å²) in [5, 5.41) is 10.7. The zero-order valence-electron chi connectivity index (χ0n) is 12.3. The Labute approximate surface area is 143 Å². The van der Waals surface area contributed by atoms with E-state index in [0.717, 1.165) is 22.0 Å². The predicted octanol–water partition coefficient (Wildman–Crippen LogP) is 3.86. The molecular weight excluding hydrogens is 326 g/mol. The zero-order chi connectivity index (χ0) is 15.9. The minimum absolute atomic E-state index is 0.0364. The molecule has 1 heterocycles. The number of para-hydroxylation sites is 1. The number of hydrogen-bond acceptors (Lipinski definition) is 5. The summed E-state index contributed by atoms with van der Waals surface area (Å²) < 4.78 is 0.803. The molecule has 23 heavy (non-hydrogen) atoms. The normalized spacial score (nSPS) is 10.4. The quantitative estimate of drug-likeness (QED) is 0.692. The Balaban J connectivity index is 1.64. The molecule has 1 aromatic heterocycles. The van der Waals surface area contributed by atoms with E-state index in [0.29, 0.717) is 5.75 Å². The van der Waals surface area contributed by atoms with Gasteiger partial charge < -0.3 is 5.32 Å². The van der Waals surface area contributed by atoms with Crippen LogP contribution < -0.4 is 5.32 Å². The van der Waals surface area contributed by atoms with Crippen LogP contribution in [-0.4, -0.2) is 21.9 Å². The first-order chi connectivity index (χ1) is 11.3. The van der Waals surface area contributed by atoms with Crippen molar-refractivity contribution in [3.8, 4) is 0 Å². The maximum absolute atomic E-state index is 12.1. The van der Waals surface area contributed by atoms with E-state index in [1.165, 1.54) is 28.7 Å². The lowest BCUT2D eigenvalue weighted by Gasteiger charge is -2.11. The Morgan fingerprint density at radius 3 is 2.65 bits per heavy atom. The highest BCUT2D eigenvalue weighted by molar-refractivity contribution is 8.01. The number of amides is 1. The molecule has 1 amide bonds. The van der Waals surface area contributed by atoms with Gasteiger partial charge in [-0.1, -0.05) is 71.6 Å². The lowest BCUT2D eigenvalue weighted by molar-refractivity contribution is -0.113. The number of benzene rings is 2. The van der Waals surface area contributed by atoms with Crippen LogP contribution in [0.25, 0.3) is 0 Å². The minimum atomic E-state index is -0.0364. The van der Waals surface area contributed by atoms with Crippen LogP contribution in [0.15, 0.2) is 64.4 Å². The second-order valence-electron chi connectivity index (χ2n) is 4.86. The molecule has 0 unspecified atom stereocenters. The summed E-state index contributed by atoms with van der Waals surface area (Å²) in [6.07, 6.45) is 0.792. The molecule has 6 heteroatoms. The highest BCUT2D eigenvalue weighted by Crippen LogP contribution is 2.21. The van der Waals surface area contributed by atoms with E-state index in [4.69, 9.17) is 0 Å². The summed E-state index contributed by atoms with van der Waals surface area (Å²) in [6, 6.07) is 18.1. The standard InChI is InChI=1S/C17H15N3OS2/c21-16(11-22-17-20-18-12-23-17)19-15-9-5-4-8-14(15)10-13-6-2-1-3-7-13/h1-9,12H,10-11H2,(H,19,21). The number of carbonyl (C=O) groups excluding carboxylic acids is 1. The van der Waals surface area contributed by atoms with Gasteiger partial charge in [0.2, 0.25) is 5.91 Å². The molecule has 1 N–H and O–H groups in total. The maximum Gasteiger partial charge on any atom is 0.234 e. The Hall–Kier alpha value is -2.18. The monoisotopic (exact) mass is 341 g/mol. The van der Waals surface area contributed by atoms with E-state index in [2.05, 4.69) is 27.6 Å². The first-order valence-electron chi connectivity index (χ1n) is 7.12. The van der Waals surface area contributed by atoms with Crippen molar-refractivity contribution in [1.29, 1.82) is 0 Å². The molecule has 3 rings (SSSR count). The van der Waals surface area contributed by atoms with Crippen LogP contribution >= 0.6 is 23.1 Å². The van der Waals surface area contributed by atoms with Crippen LogP contribution in [0.4, 0.5) is 5.69 Å². The van der Waals surface area contributed by atoms with Gasteiger partial charge in [0.15, 0.2) is 4.34 Å². The second kappa shape index (κ2) is 7.89. The number of thioether (sulfide) groups is 1. The predicted molar refractivity (Wildman–Crippen MR) is 95.0 cm³/mol. The summed E-state index contributed by atoms with van der Waals surface area (Å²) in [7, 11) is 0. The molecule has 0 aliphatic heterocycles. The summed E-state index contributed by atoms with van der Waals surface area (Å²) >= 11 is 2.83. The van der Waals surface area contributed by atoms with Gasteiger partial charge in [-0.2, -0.15) is 0 Å². The number of nitrogens with zero attached hydrogens (tertiary/aromatic N) is 2. The summed E-state index contributed by atoms with van der Waals surface area (Å²) in [5.74, 6) is 0.292. The Morgan fingerprint density at radius 1 is 1.09 bits per heavy atom. The van der Waals surface area contributed by atoms with Crippen molar-refractivity contribution < 1.29 is 4.79 Å². The van der Waals surface area contributed by atoms with Crippen LogP contribution in [0.2, 0.25) is 0 Å². The van der Waals surface area contributed by atoms with Gasteiger partial charge in [0.25, 0.3) is 0 Å². The molecule has 116 valence electrons. The highest BCUT2D eigenvalue weighted by atomic mass is 32.2. The number of hydrogen-bond donors (Lipinski definition) is 1. The first-order valence-corrected chi connectivity index (χ1v) is 8.98. The third kappa shape index (κ3) is 4.64. The van der Waals surface area contributed by atoms with Crippen LogP contribution in [0, 0.1) is 0 Å². The van der Waals surface area contributed by atoms with E-state index in [-0.39, 0.29) is 5.91 Å². The van der Waals surface area contributed by atoms with Gasteiger partial charge in [-0.25, -0.2) is 0 Å². The highest BCUT2D eigenvalue weighted by Gasteiger charge is 2.09. The molecule has 0 saturated heterocycles. The topological polar surface area (TPSA) is 54.9 Å². The third-order valence-electron chi connectivity index (χ3n) is 3.20. The van der Waals surface area contributed by atoms with Crippen LogP contribution in [0.5, 0.6) is 0 Å². The van der Waals surface area contributed by atoms with Crippen molar-refractivity contribution in [2.75, 3.05) is 11.1 Å². The molecule has 0 bridgehead atoms. The van der Waals surface area contributed by atoms with Gasteiger partial charge in [-0.15, -0.1) is 10.2 Å². The van der Waals surface area contributed by atoms with Crippen LogP contribution in [0.1, 0.15) is 11.1 Å². The van der Waals surface area contributed by atoms with Gasteiger partial charge in [0.05, 0.1) is 5.75 Å². The van der Waals surface area contributed by atoms with Crippen molar-refractivity contribution in [3.63, 3.8) is 0 Å².